The molecule has 0 aliphatic carbocycles. The smallest absolute Gasteiger partial charge is 0.0845 e. The molecule has 0 spiro atoms. The Morgan fingerprint density at radius 2 is 2.30 bits per heavy atom. The van der Waals surface area contributed by atoms with E-state index in [9.17, 15) is 0 Å². The fraction of sp³-hybridized carbons (Fsp3) is 0.250. The summed E-state index contributed by atoms with van der Waals surface area (Å²) in [5.41, 5.74) is 5.79. The van der Waals surface area contributed by atoms with Gasteiger partial charge in [-0.15, -0.1) is 0 Å². The fourth-order valence-corrected chi connectivity index (χ4v) is 0.376. The maximum atomic E-state index is 5.25. The number of hydrogen-bond acceptors (Lipinski definition) is 2. The van der Waals surface area contributed by atoms with Gasteiger partial charge in [-0.05, 0) is 19.1 Å². The van der Waals surface area contributed by atoms with E-state index in [1.165, 1.54) is 0 Å². The van der Waals surface area contributed by atoms with Gasteiger partial charge in [-0.2, -0.15) is 0 Å². The molecule has 0 saturated heterocycles. The molecular weight excluding hydrogens is 126 g/mol. The van der Waals surface area contributed by atoms with Crippen LogP contribution in [0.2, 0.25) is 0 Å². The highest BCUT2D eigenvalue weighted by Crippen LogP contribution is 1.83. The van der Waals surface area contributed by atoms with Crippen LogP contribution in [0.15, 0.2) is 36.8 Å². The van der Waals surface area contributed by atoms with E-state index in [-0.39, 0.29) is 0 Å². The van der Waals surface area contributed by atoms with Crippen molar-refractivity contribution in [2.24, 2.45) is 5.73 Å². The van der Waals surface area contributed by atoms with Crippen molar-refractivity contribution >= 4 is 0 Å². The zero-order chi connectivity index (χ0) is 7.82. The Hall–Kier alpha value is -1.18. The Morgan fingerprint density at radius 3 is 2.80 bits per heavy atom. The van der Waals surface area contributed by atoms with Gasteiger partial charge in [0.1, 0.15) is 0 Å². The molecule has 0 radical (unpaired) electrons. The second-order valence-electron chi connectivity index (χ2n) is 1.72. The normalized spacial score (nSPS) is 10.9. The Morgan fingerprint density at radius 1 is 1.60 bits per heavy atom. The molecule has 0 fully saturated rings. The maximum Gasteiger partial charge on any atom is 0.0845 e. The van der Waals surface area contributed by atoms with Gasteiger partial charge >= 0.3 is 0 Å². The molecule has 0 unspecified atom stereocenters. The lowest BCUT2D eigenvalue weighted by molar-refractivity contribution is 0.269. The van der Waals surface area contributed by atoms with Crippen LogP contribution >= 0.6 is 0 Å². The quantitative estimate of drug-likeness (QED) is 0.474. The Balaban J connectivity index is 3.42. The average Bonchev–Trinajstić information content (AvgIpc) is 1.87. The van der Waals surface area contributed by atoms with Crippen LogP contribution in [-0.2, 0) is 4.74 Å². The van der Waals surface area contributed by atoms with Crippen LogP contribution in [0.1, 0.15) is 6.92 Å². The van der Waals surface area contributed by atoms with Gasteiger partial charge < -0.3 is 10.5 Å². The van der Waals surface area contributed by atoms with Gasteiger partial charge in [0, 0.05) is 5.70 Å². The summed E-state index contributed by atoms with van der Waals surface area (Å²) in [4.78, 5) is 0. The predicted molar refractivity (Wildman–Crippen MR) is 43.2 cm³/mol. The zero-order valence-corrected chi connectivity index (χ0v) is 6.21. The van der Waals surface area contributed by atoms with Gasteiger partial charge in [0.15, 0.2) is 0 Å². The number of hydrogen-bond donors (Lipinski definition) is 1. The average molecular weight is 139 g/mol. The minimum Gasteiger partial charge on any atom is -0.501 e. The van der Waals surface area contributed by atoms with E-state index >= 15 is 0 Å². The lowest BCUT2D eigenvalue weighted by atomic mass is 10.4. The molecule has 0 atom stereocenters. The van der Waals surface area contributed by atoms with Crippen molar-refractivity contribution in [1.29, 1.82) is 0 Å². The second kappa shape index (κ2) is 5.95. The van der Waals surface area contributed by atoms with E-state index < -0.39 is 0 Å². The summed E-state index contributed by atoms with van der Waals surface area (Å²) in [5.74, 6) is 0. The van der Waals surface area contributed by atoms with Crippen molar-refractivity contribution < 1.29 is 4.74 Å². The monoisotopic (exact) mass is 139 g/mol. The molecule has 56 valence electrons. The van der Waals surface area contributed by atoms with Crippen LogP contribution < -0.4 is 5.73 Å². The first kappa shape index (κ1) is 8.82. The van der Waals surface area contributed by atoms with Gasteiger partial charge in [0.2, 0.25) is 0 Å². The molecular formula is C8H13NO. The third-order valence-electron chi connectivity index (χ3n) is 0.763. The summed E-state index contributed by atoms with van der Waals surface area (Å²) in [6.07, 6.45) is 6.86. The summed E-state index contributed by atoms with van der Waals surface area (Å²) < 4.78 is 4.91. The molecule has 0 saturated carbocycles. The number of nitrogens with two attached hydrogens (primary N) is 1. The lowest BCUT2D eigenvalue weighted by Crippen LogP contribution is -1.87. The second-order valence-corrected chi connectivity index (χ2v) is 1.72. The summed E-state index contributed by atoms with van der Waals surface area (Å²) in [6, 6.07) is 0. The lowest BCUT2D eigenvalue weighted by Gasteiger charge is -1.88. The van der Waals surface area contributed by atoms with E-state index in [1.807, 2.05) is 6.92 Å². The third-order valence-corrected chi connectivity index (χ3v) is 0.763. The van der Waals surface area contributed by atoms with E-state index in [4.69, 9.17) is 10.5 Å². The molecule has 2 N–H and O–H groups in total. The number of allylic oxidation sites excluding steroid dienone is 3. The third kappa shape index (κ3) is 6.82. The molecule has 10 heavy (non-hydrogen) atoms. The molecule has 2 nitrogen and oxygen atoms in total. The van der Waals surface area contributed by atoms with Gasteiger partial charge in [0.25, 0.3) is 0 Å². The Labute approximate surface area is 61.7 Å². The topological polar surface area (TPSA) is 35.2 Å². The van der Waals surface area contributed by atoms with E-state index in [0.717, 1.165) is 0 Å². The fourth-order valence-electron chi connectivity index (χ4n) is 0.376. The molecule has 0 aromatic rings. The van der Waals surface area contributed by atoms with Gasteiger partial charge in [-0.3, -0.25) is 0 Å². The summed E-state index contributed by atoms with van der Waals surface area (Å²) in [5, 5.41) is 0. The minimum absolute atomic E-state index is 0.543. The van der Waals surface area contributed by atoms with Gasteiger partial charge in [0.05, 0.1) is 12.9 Å². The van der Waals surface area contributed by atoms with Gasteiger partial charge in [-0.25, -0.2) is 0 Å². The first-order valence-electron chi connectivity index (χ1n) is 3.16. The molecule has 0 bridgehead atoms. The summed E-state index contributed by atoms with van der Waals surface area (Å²) in [6.45, 7) is 6.10. The van der Waals surface area contributed by atoms with Crippen LogP contribution in [0, 0.1) is 0 Å². The van der Waals surface area contributed by atoms with Crippen molar-refractivity contribution in [3.8, 4) is 0 Å². The highest BCUT2D eigenvalue weighted by Gasteiger charge is 1.69. The van der Waals surface area contributed by atoms with Gasteiger partial charge in [-0.1, -0.05) is 12.7 Å². The van der Waals surface area contributed by atoms with Crippen molar-refractivity contribution in [2.75, 3.05) is 6.61 Å². The molecule has 0 heterocycles. The largest absolute Gasteiger partial charge is 0.501 e. The van der Waals surface area contributed by atoms with Crippen molar-refractivity contribution in [2.45, 2.75) is 6.92 Å². The maximum absolute atomic E-state index is 5.25. The number of ether oxygens (including phenoxy) is 1. The van der Waals surface area contributed by atoms with E-state index in [1.54, 1.807) is 24.5 Å². The molecule has 2 heteroatoms. The standard InChI is InChI=1S/C8H13NO/c1-3-10-7-5-4-6-8(2)9/h4-7H,2-3,9H2,1H3/b6-4-,7-5-. The van der Waals surface area contributed by atoms with Crippen LogP contribution in [0.5, 0.6) is 0 Å². The molecule has 0 aliphatic heterocycles. The highest BCUT2D eigenvalue weighted by molar-refractivity contribution is 5.14. The van der Waals surface area contributed by atoms with Crippen LogP contribution in [0.4, 0.5) is 0 Å². The van der Waals surface area contributed by atoms with Crippen molar-refractivity contribution in [3.63, 3.8) is 0 Å². The number of rotatable bonds is 4. The van der Waals surface area contributed by atoms with E-state index in [0.29, 0.717) is 12.3 Å². The Bertz CT molecular complexity index is 147. The van der Waals surface area contributed by atoms with Crippen LogP contribution in [0.25, 0.3) is 0 Å². The molecule has 0 aromatic heterocycles. The SMILES string of the molecule is C=C(N)/C=C\C=C/OCC. The molecule has 0 rings (SSSR count). The molecule has 0 amide bonds. The van der Waals surface area contributed by atoms with Crippen molar-refractivity contribution in [1.82, 2.24) is 0 Å². The zero-order valence-electron chi connectivity index (χ0n) is 6.21. The minimum atomic E-state index is 0.543. The first-order valence-corrected chi connectivity index (χ1v) is 3.16. The highest BCUT2D eigenvalue weighted by atomic mass is 16.5. The summed E-state index contributed by atoms with van der Waals surface area (Å²) >= 11 is 0. The van der Waals surface area contributed by atoms with Crippen molar-refractivity contribution in [3.05, 3.63) is 36.8 Å². The van der Waals surface area contributed by atoms with E-state index in [2.05, 4.69) is 6.58 Å². The Kier molecular flexibility index (Phi) is 5.25. The molecule has 0 aliphatic rings. The first-order chi connectivity index (χ1) is 4.77. The predicted octanol–water partition coefficient (Wildman–Crippen LogP) is 1.57. The summed E-state index contributed by atoms with van der Waals surface area (Å²) in [7, 11) is 0. The van der Waals surface area contributed by atoms with Crippen LogP contribution in [-0.4, -0.2) is 6.61 Å². The van der Waals surface area contributed by atoms with Crippen LogP contribution in [0.3, 0.4) is 0 Å². The molecule has 0 aromatic carbocycles.